The molecule has 8 heteroatoms. The van der Waals surface area contributed by atoms with Gasteiger partial charge in [-0.1, -0.05) is 0 Å². The van der Waals surface area contributed by atoms with Crippen LogP contribution in [0, 0.1) is 16.0 Å². The van der Waals surface area contributed by atoms with Crippen molar-refractivity contribution in [3.05, 3.63) is 27.8 Å². The summed E-state index contributed by atoms with van der Waals surface area (Å²) in [4.78, 5) is 35.1. The molecule has 0 saturated heterocycles. The van der Waals surface area contributed by atoms with E-state index in [0.29, 0.717) is 17.7 Å². The van der Waals surface area contributed by atoms with Gasteiger partial charge in [-0.2, -0.15) is 0 Å². The molecule has 24 heavy (non-hydrogen) atoms. The minimum Gasteiger partial charge on any atom is -0.490 e. The van der Waals surface area contributed by atoms with Gasteiger partial charge in [0.05, 0.1) is 12.0 Å². The molecular weight excluding hydrogens is 316 g/mol. The average Bonchev–Trinajstić information content (AvgIpc) is 2.61. The van der Waals surface area contributed by atoms with Crippen LogP contribution in [0.3, 0.4) is 0 Å². The summed E-state index contributed by atoms with van der Waals surface area (Å²) < 4.78 is 10.3. The van der Waals surface area contributed by atoms with Crippen LogP contribution in [0.2, 0.25) is 0 Å². The number of nitrogens with one attached hydrogen (secondary N) is 1. The molecule has 0 radical (unpaired) electrons. The quantitative estimate of drug-likeness (QED) is 0.393. The number of carbonyl (C=O) groups excluding carboxylic acids is 2. The van der Waals surface area contributed by atoms with Gasteiger partial charge in [0.2, 0.25) is 5.91 Å². The molecule has 1 heterocycles. The molecule has 1 aromatic rings. The molecule has 8 nitrogen and oxygen atoms in total. The third-order valence-electron chi connectivity index (χ3n) is 3.57. The van der Waals surface area contributed by atoms with E-state index in [0.717, 1.165) is 0 Å². The maximum atomic E-state index is 12.3. The molecule has 1 aliphatic rings. The number of benzene rings is 1. The van der Waals surface area contributed by atoms with Gasteiger partial charge in [-0.3, -0.25) is 19.7 Å². The summed E-state index contributed by atoms with van der Waals surface area (Å²) in [5.41, 5.74) is 0.120. The fourth-order valence-corrected chi connectivity index (χ4v) is 2.49. The van der Waals surface area contributed by atoms with Crippen molar-refractivity contribution in [2.24, 2.45) is 5.92 Å². The number of hydrogen-bond donors (Lipinski definition) is 1. The van der Waals surface area contributed by atoms with Crippen LogP contribution in [0.1, 0.15) is 32.8 Å². The van der Waals surface area contributed by atoms with Crippen molar-refractivity contribution in [1.29, 1.82) is 0 Å². The van der Waals surface area contributed by atoms with Crippen LogP contribution < -0.4 is 10.1 Å². The van der Waals surface area contributed by atoms with Gasteiger partial charge in [-0.05, 0) is 39.2 Å². The number of ether oxygens (including phenoxy) is 2. The summed E-state index contributed by atoms with van der Waals surface area (Å²) in [5, 5.41) is 13.7. The number of nitro groups is 1. The van der Waals surface area contributed by atoms with Gasteiger partial charge in [-0.15, -0.1) is 0 Å². The summed E-state index contributed by atoms with van der Waals surface area (Å²) in [6.07, 6.45) is 0.556. The Morgan fingerprint density at radius 2 is 2.04 bits per heavy atom. The van der Waals surface area contributed by atoms with Gasteiger partial charge in [-0.25, -0.2) is 0 Å². The maximum Gasteiger partial charge on any atom is 0.319 e. The number of anilines is 1. The molecule has 0 bridgehead atoms. The monoisotopic (exact) mass is 336 g/mol. The van der Waals surface area contributed by atoms with Crippen molar-refractivity contribution in [2.75, 3.05) is 12.4 Å². The highest BCUT2D eigenvalue weighted by Gasteiger charge is 2.34. The lowest BCUT2D eigenvalue weighted by Crippen LogP contribution is -2.35. The van der Waals surface area contributed by atoms with E-state index in [2.05, 4.69) is 5.32 Å². The predicted molar refractivity (Wildman–Crippen MR) is 85.9 cm³/mol. The van der Waals surface area contributed by atoms with Crippen LogP contribution in [0.4, 0.5) is 11.4 Å². The topological polar surface area (TPSA) is 108 Å². The Kier molecular flexibility index (Phi) is 4.77. The number of amides is 1. The second kappa shape index (κ2) is 6.46. The number of esters is 1. The number of methoxy groups -OCH3 is 1. The summed E-state index contributed by atoms with van der Waals surface area (Å²) in [5.74, 6) is -2.00. The third-order valence-corrected chi connectivity index (χ3v) is 3.57. The average molecular weight is 336 g/mol. The van der Waals surface area contributed by atoms with Crippen molar-refractivity contribution in [3.63, 3.8) is 0 Å². The summed E-state index contributed by atoms with van der Waals surface area (Å²) >= 11 is 0. The lowest BCUT2D eigenvalue weighted by molar-refractivity contribution is -0.385. The first-order chi connectivity index (χ1) is 11.1. The minimum atomic E-state index is -0.957. The molecule has 0 fully saturated rings. The third kappa shape index (κ3) is 3.81. The predicted octanol–water partition coefficient (Wildman–Crippen LogP) is 2.45. The van der Waals surface area contributed by atoms with Crippen molar-refractivity contribution >= 4 is 23.3 Å². The first-order valence-corrected chi connectivity index (χ1v) is 7.51. The molecule has 1 N–H and O–H groups in total. The molecule has 0 saturated carbocycles. The van der Waals surface area contributed by atoms with Crippen LogP contribution in [-0.4, -0.2) is 29.5 Å². The van der Waals surface area contributed by atoms with E-state index in [-0.39, 0.29) is 17.9 Å². The minimum absolute atomic E-state index is 0.0507. The molecule has 1 amide bonds. The van der Waals surface area contributed by atoms with Crippen LogP contribution in [0.5, 0.6) is 5.75 Å². The van der Waals surface area contributed by atoms with Gasteiger partial charge >= 0.3 is 11.7 Å². The fourth-order valence-electron chi connectivity index (χ4n) is 2.49. The summed E-state index contributed by atoms with van der Waals surface area (Å²) in [7, 11) is 1.32. The highest BCUT2D eigenvalue weighted by Crippen LogP contribution is 2.36. The van der Waals surface area contributed by atoms with Crippen LogP contribution in [0.15, 0.2) is 12.1 Å². The Labute approximate surface area is 139 Å². The second-order valence-corrected chi connectivity index (χ2v) is 6.55. The van der Waals surface area contributed by atoms with E-state index >= 15 is 0 Å². The normalized spacial score (nSPS) is 17.3. The molecule has 1 aromatic carbocycles. The fraction of sp³-hybridized carbons (Fsp3) is 0.500. The Balaban J connectivity index is 2.31. The molecule has 0 aromatic heterocycles. The summed E-state index contributed by atoms with van der Waals surface area (Å²) in [6.45, 7) is 5.17. The largest absolute Gasteiger partial charge is 0.490 e. The number of fused-ring (bicyclic) bond motifs is 1. The van der Waals surface area contributed by atoms with E-state index in [9.17, 15) is 19.7 Å². The molecule has 1 atom stereocenters. The van der Waals surface area contributed by atoms with Crippen LogP contribution >= 0.6 is 0 Å². The first-order valence-electron chi connectivity index (χ1n) is 7.51. The molecule has 0 aliphatic carbocycles. The molecule has 0 spiro atoms. The van der Waals surface area contributed by atoms with Gasteiger partial charge in [0.1, 0.15) is 11.5 Å². The van der Waals surface area contributed by atoms with E-state index in [1.54, 1.807) is 20.8 Å². The number of nitro benzene ring substituents is 1. The zero-order chi connectivity index (χ0) is 18.1. The van der Waals surface area contributed by atoms with E-state index in [1.165, 1.54) is 19.2 Å². The standard InChI is InChI=1S/C16H20N2O6/c1-16(2,3)24-15(20)10-6-5-9-7-12(18(21)22)13(23-4)8-11(9)17-14(10)19/h7-8,10H,5-6H2,1-4H3,(H,17,19)/t10-/m0/s1. The zero-order valence-corrected chi connectivity index (χ0v) is 14.0. The first kappa shape index (κ1) is 17.7. The van der Waals surface area contributed by atoms with Crippen molar-refractivity contribution in [2.45, 2.75) is 39.2 Å². The van der Waals surface area contributed by atoms with Crippen molar-refractivity contribution in [1.82, 2.24) is 0 Å². The molecular formula is C16H20N2O6. The Morgan fingerprint density at radius 1 is 1.38 bits per heavy atom. The molecule has 1 aliphatic heterocycles. The lowest BCUT2D eigenvalue weighted by Gasteiger charge is -2.22. The van der Waals surface area contributed by atoms with E-state index < -0.39 is 28.3 Å². The number of rotatable bonds is 3. The van der Waals surface area contributed by atoms with Crippen LogP contribution in [0.25, 0.3) is 0 Å². The number of carbonyl (C=O) groups is 2. The van der Waals surface area contributed by atoms with Gasteiger partial charge in [0.15, 0.2) is 5.75 Å². The van der Waals surface area contributed by atoms with Crippen molar-refractivity contribution < 1.29 is 24.0 Å². The zero-order valence-electron chi connectivity index (χ0n) is 14.0. The maximum absolute atomic E-state index is 12.3. The summed E-state index contributed by atoms with van der Waals surface area (Å²) in [6, 6.07) is 2.77. The molecule has 2 rings (SSSR count). The number of hydrogen-bond acceptors (Lipinski definition) is 6. The van der Waals surface area contributed by atoms with E-state index in [1.807, 2.05) is 0 Å². The highest BCUT2D eigenvalue weighted by molar-refractivity contribution is 6.06. The number of aryl methyl sites for hydroxylation is 1. The van der Waals surface area contributed by atoms with Gasteiger partial charge in [0.25, 0.3) is 0 Å². The van der Waals surface area contributed by atoms with Crippen molar-refractivity contribution in [3.8, 4) is 5.75 Å². The molecule has 130 valence electrons. The number of nitrogens with zero attached hydrogens (tertiary/aromatic N) is 1. The SMILES string of the molecule is COc1cc2c(cc1[N+](=O)[O-])CC[C@H](C(=O)OC(C)(C)C)C(=O)N2. The Hall–Kier alpha value is -2.64. The Bertz CT molecular complexity index is 693. The van der Waals surface area contributed by atoms with E-state index in [4.69, 9.17) is 9.47 Å². The highest BCUT2D eigenvalue weighted by atomic mass is 16.6. The Morgan fingerprint density at radius 3 is 2.58 bits per heavy atom. The van der Waals surface area contributed by atoms with Gasteiger partial charge < -0.3 is 14.8 Å². The van der Waals surface area contributed by atoms with Gasteiger partial charge in [0, 0.05) is 17.8 Å². The lowest BCUT2D eigenvalue weighted by atomic mass is 10.00. The van der Waals surface area contributed by atoms with Crippen LogP contribution in [-0.2, 0) is 20.7 Å². The molecule has 0 unspecified atom stereocenters. The smallest absolute Gasteiger partial charge is 0.319 e. The second-order valence-electron chi connectivity index (χ2n) is 6.55.